The zero-order valence-electron chi connectivity index (χ0n) is 11.6. The second-order valence-corrected chi connectivity index (χ2v) is 4.85. The number of hydrogen-bond donors (Lipinski definition) is 3. The van der Waals surface area contributed by atoms with E-state index in [-0.39, 0.29) is 17.3 Å². The molecule has 7 heteroatoms. The van der Waals surface area contributed by atoms with Gasteiger partial charge < -0.3 is 10.4 Å². The summed E-state index contributed by atoms with van der Waals surface area (Å²) in [6.07, 6.45) is 2.11. The molecule has 3 N–H and O–H groups in total. The topological polar surface area (TPSA) is 99.5 Å². The summed E-state index contributed by atoms with van der Waals surface area (Å²) in [5.74, 6) is -0.0413. The maximum absolute atomic E-state index is 12.1. The van der Waals surface area contributed by atoms with Crippen LogP contribution in [-0.2, 0) is 6.42 Å². The van der Waals surface area contributed by atoms with Crippen molar-refractivity contribution in [3.63, 3.8) is 0 Å². The zero-order chi connectivity index (χ0) is 15.5. The van der Waals surface area contributed by atoms with Crippen molar-refractivity contribution in [2.24, 2.45) is 0 Å². The molecule has 3 rings (SSSR count). The van der Waals surface area contributed by atoms with Gasteiger partial charge in [0.05, 0.1) is 5.56 Å². The predicted octanol–water partition coefficient (Wildman–Crippen LogP) is 0.701. The number of fused-ring (bicyclic) bond motifs is 1. The minimum atomic E-state index is -0.381. The van der Waals surface area contributed by atoms with Gasteiger partial charge in [0.25, 0.3) is 5.91 Å². The summed E-state index contributed by atoms with van der Waals surface area (Å²) in [5.41, 5.74) is 1.49. The van der Waals surface area contributed by atoms with Gasteiger partial charge in [-0.2, -0.15) is 5.10 Å². The number of nitrogens with one attached hydrogen (secondary N) is 2. The van der Waals surface area contributed by atoms with Crippen LogP contribution in [0.2, 0.25) is 0 Å². The average molecular weight is 298 g/mol. The van der Waals surface area contributed by atoms with Crippen molar-refractivity contribution >= 4 is 11.6 Å². The number of aromatic nitrogens is 3. The molecule has 0 spiro atoms. The second kappa shape index (κ2) is 5.72. The van der Waals surface area contributed by atoms with E-state index in [1.54, 1.807) is 36.4 Å². The van der Waals surface area contributed by atoms with E-state index in [2.05, 4.69) is 15.5 Å². The fourth-order valence-corrected chi connectivity index (χ4v) is 2.12. The summed E-state index contributed by atoms with van der Waals surface area (Å²) < 4.78 is 1.29. The van der Waals surface area contributed by atoms with Crippen molar-refractivity contribution in [1.82, 2.24) is 19.9 Å². The molecule has 0 aliphatic rings. The number of carbonyl (C=O) groups is 1. The van der Waals surface area contributed by atoms with Gasteiger partial charge in [-0.15, -0.1) is 0 Å². The number of phenolic OH excluding ortho intramolecular Hbond substituents is 1. The van der Waals surface area contributed by atoms with Gasteiger partial charge in [-0.1, -0.05) is 12.1 Å². The molecule has 0 unspecified atom stereocenters. The van der Waals surface area contributed by atoms with Crippen LogP contribution in [0.5, 0.6) is 5.75 Å². The van der Waals surface area contributed by atoms with Gasteiger partial charge in [-0.05, 0) is 36.2 Å². The monoisotopic (exact) mass is 298 g/mol. The molecule has 0 aliphatic heterocycles. The van der Waals surface area contributed by atoms with Crippen LogP contribution in [0.25, 0.3) is 5.65 Å². The first kappa shape index (κ1) is 13.9. The molecule has 0 atom stereocenters. The van der Waals surface area contributed by atoms with Gasteiger partial charge >= 0.3 is 5.69 Å². The number of carbonyl (C=O) groups excluding carboxylic acids is 1. The lowest BCUT2D eigenvalue weighted by atomic mass is 10.1. The van der Waals surface area contributed by atoms with Gasteiger partial charge in [0, 0.05) is 12.7 Å². The highest BCUT2D eigenvalue weighted by Gasteiger charge is 2.08. The predicted molar refractivity (Wildman–Crippen MR) is 80.0 cm³/mol. The number of nitrogens with zero attached hydrogens (tertiary/aromatic N) is 2. The van der Waals surface area contributed by atoms with Crippen LogP contribution < -0.4 is 11.0 Å². The Morgan fingerprint density at radius 3 is 2.77 bits per heavy atom. The standard InChI is InChI=1S/C15H14N4O3/c20-12-4-1-10(2-5-12)7-8-16-14(21)11-3-6-13-17-18-15(22)19(13)9-11/h1-6,9,20H,7-8H2,(H,16,21)(H,18,22). The molecule has 112 valence electrons. The van der Waals surface area contributed by atoms with Crippen LogP contribution >= 0.6 is 0 Å². The smallest absolute Gasteiger partial charge is 0.347 e. The van der Waals surface area contributed by atoms with E-state index in [4.69, 9.17) is 0 Å². The lowest BCUT2D eigenvalue weighted by Crippen LogP contribution is -2.26. The van der Waals surface area contributed by atoms with Crippen LogP contribution in [0.15, 0.2) is 47.4 Å². The molecule has 7 nitrogen and oxygen atoms in total. The maximum atomic E-state index is 12.1. The summed E-state index contributed by atoms with van der Waals surface area (Å²) >= 11 is 0. The highest BCUT2D eigenvalue weighted by Crippen LogP contribution is 2.09. The number of hydrogen-bond acceptors (Lipinski definition) is 4. The molecule has 0 aliphatic carbocycles. The first-order valence-corrected chi connectivity index (χ1v) is 6.76. The van der Waals surface area contributed by atoms with E-state index in [1.165, 1.54) is 10.6 Å². The summed E-state index contributed by atoms with van der Waals surface area (Å²) in [6.45, 7) is 0.460. The van der Waals surface area contributed by atoms with Crippen LogP contribution in [0.3, 0.4) is 0 Å². The normalized spacial score (nSPS) is 10.7. The third-order valence-electron chi connectivity index (χ3n) is 3.31. The first-order chi connectivity index (χ1) is 10.6. The van der Waals surface area contributed by atoms with Crippen LogP contribution in [-0.4, -0.2) is 32.2 Å². The van der Waals surface area contributed by atoms with Crippen molar-refractivity contribution in [2.75, 3.05) is 6.54 Å². The fraction of sp³-hybridized carbons (Fsp3) is 0.133. The minimum Gasteiger partial charge on any atom is -0.508 e. The molecule has 0 saturated heterocycles. The van der Waals surface area contributed by atoms with E-state index in [0.717, 1.165) is 5.56 Å². The Labute approximate surface area is 125 Å². The van der Waals surface area contributed by atoms with Crippen molar-refractivity contribution in [2.45, 2.75) is 6.42 Å². The zero-order valence-corrected chi connectivity index (χ0v) is 11.6. The van der Waals surface area contributed by atoms with Crippen LogP contribution in [0, 0.1) is 0 Å². The number of phenols is 1. The Bertz CT molecular complexity index is 864. The molecule has 22 heavy (non-hydrogen) atoms. The van der Waals surface area contributed by atoms with Gasteiger partial charge in [-0.25, -0.2) is 14.3 Å². The molecule has 0 saturated carbocycles. The van der Waals surface area contributed by atoms with Gasteiger partial charge in [0.1, 0.15) is 5.75 Å². The maximum Gasteiger partial charge on any atom is 0.347 e. The Kier molecular flexibility index (Phi) is 3.61. The third-order valence-corrected chi connectivity index (χ3v) is 3.31. The molecular weight excluding hydrogens is 284 g/mol. The molecular formula is C15H14N4O3. The quantitative estimate of drug-likeness (QED) is 0.660. The Balaban J connectivity index is 1.64. The summed E-state index contributed by atoms with van der Waals surface area (Å²) in [4.78, 5) is 23.5. The Morgan fingerprint density at radius 2 is 2.00 bits per heavy atom. The number of rotatable bonds is 4. The van der Waals surface area contributed by atoms with E-state index in [9.17, 15) is 14.7 Å². The SMILES string of the molecule is O=C(NCCc1ccc(O)cc1)c1ccc2n[nH]c(=O)n2c1. The molecule has 3 aromatic rings. The number of benzene rings is 1. The van der Waals surface area contributed by atoms with Crippen LogP contribution in [0.4, 0.5) is 0 Å². The fourth-order valence-electron chi connectivity index (χ4n) is 2.12. The second-order valence-electron chi connectivity index (χ2n) is 4.85. The summed E-state index contributed by atoms with van der Waals surface area (Å²) in [6, 6.07) is 10.0. The van der Waals surface area contributed by atoms with Gasteiger partial charge in [0.2, 0.25) is 0 Å². The van der Waals surface area contributed by atoms with E-state index in [1.807, 2.05) is 0 Å². The Morgan fingerprint density at radius 1 is 1.23 bits per heavy atom. The molecule has 1 amide bonds. The third kappa shape index (κ3) is 2.83. The summed E-state index contributed by atoms with van der Waals surface area (Å²) in [7, 11) is 0. The average Bonchev–Trinajstić information content (AvgIpc) is 2.90. The number of aromatic amines is 1. The molecule has 2 aromatic heterocycles. The van der Waals surface area contributed by atoms with Crippen molar-refractivity contribution in [3.8, 4) is 5.75 Å². The van der Waals surface area contributed by atoms with Crippen molar-refractivity contribution < 1.29 is 9.90 Å². The van der Waals surface area contributed by atoms with E-state index < -0.39 is 0 Å². The molecule has 0 radical (unpaired) electrons. The molecule has 0 bridgehead atoms. The Hall–Kier alpha value is -3.09. The highest BCUT2D eigenvalue weighted by atomic mass is 16.3. The van der Waals surface area contributed by atoms with E-state index >= 15 is 0 Å². The highest BCUT2D eigenvalue weighted by molar-refractivity contribution is 5.94. The lowest BCUT2D eigenvalue weighted by molar-refractivity contribution is 0.0953. The van der Waals surface area contributed by atoms with Gasteiger partial charge in [0.15, 0.2) is 5.65 Å². The minimum absolute atomic E-state index is 0.214. The van der Waals surface area contributed by atoms with Crippen molar-refractivity contribution in [3.05, 3.63) is 64.2 Å². The largest absolute Gasteiger partial charge is 0.508 e. The lowest BCUT2D eigenvalue weighted by Gasteiger charge is -2.06. The number of pyridine rings is 1. The number of H-pyrrole nitrogens is 1. The number of aromatic hydroxyl groups is 1. The van der Waals surface area contributed by atoms with Crippen LogP contribution in [0.1, 0.15) is 15.9 Å². The molecule has 2 heterocycles. The van der Waals surface area contributed by atoms with Crippen molar-refractivity contribution in [1.29, 1.82) is 0 Å². The summed E-state index contributed by atoms with van der Waals surface area (Å²) in [5, 5.41) is 18.1. The number of amides is 1. The molecule has 0 fully saturated rings. The molecule has 1 aromatic carbocycles. The van der Waals surface area contributed by atoms with E-state index in [0.29, 0.717) is 24.2 Å². The first-order valence-electron chi connectivity index (χ1n) is 6.76. The van der Waals surface area contributed by atoms with Gasteiger partial charge in [-0.3, -0.25) is 4.79 Å².